The molecule has 0 aromatic carbocycles. The smallest absolute Gasteiger partial charge is 0.222 e. The molecule has 0 aromatic heterocycles. The van der Waals surface area contributed by atoms with Crippen LogP contribution >= 0.6 is 0 Å². The zero-order valence-corrected chi connectivity index (χ0v) is 8.51. The Labute approximate surface area is 79.8 Å². The molecule has 1 unspecified atom stereocenters. The maximum atomic E-state index is 11.3. The van der Waals surface area contributed by atoms with Crippen LogP contribution in [0.15, 0.2) is 0 Å². The van der Waals surface area contributed by atoms with Gasteiger partial charge in [0, 0.05) is 26.2 Å². The first-order valence-electron chi connectivity index (χ1n) is 4.69. The van der Waals surface area contributed by atoms with Crippen LogP contribution in [0, 0.1) is 5.92 Å². The van der Waals surface area contributed by atoms with Crippen molar-refractivity contribution in [2.45, 2.75) is 19.8 Å². The molecule has 78 valence electrons. The Balaban J connectivity index is 3.38. The minimum absolute atomic E-state index is 0.0209. The molecule has 3 N–H and O–H groups in total. The van der Waals surface area contributed by atoms with Crippen molar-refractivity contribution in [2.24, 2.45) is 11.7 Å². The predicted octanol–water partition coefficient (Wildman–Crippen LogP) is 0.124. The summed E-state index contributed by atoms with van der Waals surface area (Å²) in [5.74, 6) is 0.106. The van der Waals surface area contributed by atoms with E-state index in [1.807, 2.05) is 6.92 Å². The quantitative estimate of drug-likeness (QED) is 0.558. The molecule has 4 heteroatoms. The highest BCUT2D eigenvalue weighted by Crippen LogP contribution is 1.98. The second-order valence-electron chi connectivity index (χ2n) is 3.12. The number of hydrogen-bond donors (Lipinski definition) is 2. The molecule has 0 bridgehead atoms. The number of carbonyl (C=O) groups is 1. The van der Waals surface area contributed by atoms with Gasteiger partial charge in [0.05, 0.1) is 0 Å². The molecule has 0 heterocycles. The molecular formula is C9H20N2O2. The summed E-state index contributed by atoms with van der Waals surface area (Å²) in [6.07, 6.45) is 1.60. The van der Waals surface area contributed by atoms with Crippen LogP contribution in [-0.2, 0) is 9.53 Å². The van der Waals surface area contributed by atoms with Crippen molar-refractivity contribution in [3.05, 3.63) is 0 Å². The lowest BCUT2D eigenvalue weighted by Crippen LogP contribution is -2.31. The van der Waals surface area contributed by atoms with Crippen molar-refractivity contribution in [3.63, 3.8) is 0 Å². The number of nitrogens with two attached hydrogens (primary N) is 1. The van der Waals surface area contributed by atoms with Crippen molar-refractivity contribution in [3.8, 4) is 0 Å². The van der Waals surface area contributed by atoms with E-state index in [0.29, 0.717) is 19.7 Å². The zero-order valence-electron chi connectivity index (χ0n) is 8.51. The molecule has 1 atom stereocenters. The topological polar surface area (TPSA) is 64.3 Å². The van der Waals surface area contributed by atoms with Gasteiger partial charge in [-0.05, 0) is 19.4 Å². The van der Waals surface area contributed by atoms with Crippen LogP contribution < -0.4 is 11.1 Å². The average molecular weight is 188 g/mol. The summed E-state index contributed by atoms with van der Waals surface area (Å²) >= 11 is 0. The third-order valence-electron chi connectivity index (χ3n) is 1.87. The Hall–Kier alpha value is -0.610. The van der Waals surface area contributed by atoms with E-state index in [-0.39, 0.29) is 11.8 Å². The Kier molecular flexibility index (Phi) is 7.63. The fraction of sp³-hybridized carbons (Fsp3) is 0.889. The molecule has 1 amide bonds. The third kappa shape index (κ3) is 6.54. The van der Waals surface area contributed by atoms with Crippen molar-refractivity contribution in [1.29, 1.82) is 0 Å². The Morgan fingerprint density at radius 2 is 2.31 bits per heavy atom. The molecule has 4 nitrogen and oxygen atoms in total. The maximum Gasteiger partial charge on any atom is 0.222 e. The highest BCUT2D eigenvalue weighted by Gasteiger charge is 2.10. The molecule has 0 aliphatic heterocycles. The monoisotopic (exact) mass is 188 g/mol. The number of hydrogen-bond acceptors (Lipinski definition) is 3. The van der Waals surface area contributed by atoms with E-state index in [2.05, 4.69) is 5.32 Å². The third-order valence-corrected chi connectivity index (χ3v) is 1.87. The van der Waals surface area contributed by atoms with Gasteiger partial charge in [-0.3, -0.25) is 4.79 Å². The molecule has 0 radical (unpaired) electrons. The van der Waals surface area contributed by atoms with Crippen LogP contribution in [-0.4, -0.2) is 32.7 Å². The maximum absolute atomic E-state index is 11.3. The Morgan fingerprint density at radius 1 is 1.62 bits per heavy atom. The lowest BCUT2D eigenvalue weighted by molar-refractivity contribution is -0.124. The van der Waals surface area contributed by atoms with Gasteiger partial charge in [0.1, 0.15) is 0 Å². The van der Waals surface area contributed by atoms with E-state index < -0.39 is 0 Å². The van der Waals surface area contributed by atoms with Crippen molar-refractivity contribution < 1.29 is 9.53 Å². The molecule has 0 rings (SSSR count). The summed E-state index contributed by atoms with van der Waals surface area (Å²) in [5, 5.41) is 2.83. The minimum atomic E-state index is 0.0209. The summed E-state index contributed by atoms with van der Waals surface area (Å²) in [5.41, 5.74) is 5.34. The van der Waals surface area contributed by atoms with Gasteiger partial charge in [0.15, 0.2) is 0 Å². The number of nitrogens with one attached hydrogen (secondary N) is 1. The molecule has 0 saturated heterocycles. The van der Waals surface area contributed by atoms with Gasteiger partial charge in [-0.2, -0.15) is 0 Å². The number of ether oxygens (including phenoxy) is 1. The predicted molar refractivity (Wildman–Crippen MR) is 52.3 cm³/mol. The SMILES string of the molecule is COCCCNC(=O)C(C)CCN. The highest BCUT2D eigenvalue weighted by atomic mass is 16.5. The first kappa shape index (κ1) is 12.4. The van der Waals surface area contributed by atoms with Gasteiger partial charge in [0.25, 0.3) is 0 Å². The second-order valence-corrected chi connectivity index (χ2v) is 3.12. The first-order chi connectivity index (χ1) is 6.22. The largest absolute Gasteiger partial charge is 0.385 e. The first-order valence-corrected chi connectivity index (χ1v) is 4.69. The standard InChI is InChI=1S/C9H20N2O2/c1-8(4-5-10)9(12)11-6-3-7-13-2/h8H,3-7,10H2,1-2H3,(H,11,12). The lowest BCUT2D eigenvalue weighted by atomic mass is 10.1. The fourth-order valence-electron chi connectivity index (χ4n) is 0.983. The molecule has 0 saturated carbocycles. The van der Waals surface area contributed by atoms with Crippen molar-refractivity contribution >= 4 is 5.91 Å². The van der Waals surface area contributed by atoms with Crippen LogP contribution in [0.2, 0.25) is 0 Å². The zero-order chi connectivity index (χ0) is 10.1. The number of amides is 1. The molecule has 0 spiro atoms. The number of carbonyl (C=O) groups excluding carboxylic acids is 1. The van der Waals surface area contributed by atoms with Gasteiger partial charge < -0.3 is 15.8 Å². The molecule has 0 fully saturated rings. The summed E-state index contributed by atoms with van der Waals surface area (Å²) in [6.45, 7) is 3.82. The Bertz CT molecular complexity index is 140. The normalized spacial score (nSPS) is 12.5. The van der Waals surface area contributed by atoms with Crippen LogP contribution in [0.5, 0.6) is 0 Å². The number of methoxy groups -OCH3 is 1. The summed E-state index contributed by atoms with van der Waals surface area (Å²) in [6, 6.07) is 0. The Morgan fingerprint density at radius 3 is 2.85 bits per heavy atom. The summed E-state index contributed by atoms with van der Waals surface area (Å²) in [4.78, 5) is 11.3. The summed E-state index contributed by atoms with van der Waals surface area (Å²) < 4.78 is 4.86. The van der Waals surface area contributed by atoms with Gasteiger partial charge in [0.2, 0.25) is 5.91 Å². The molecule has 13 heavy (non-hydrogen) atoms. The van der Waals surface area contributed by atoms with E-state index >= 15 is 0 Å². The van der Waals surface area contributed by atoms with E-state index in [1.165, 1.54) is 0 Å². The summed E-state index contributed by atoms with van der Waals surface area (Å²) in [7, 11) is 1.65. The minimum Gasteiger partial charge on any atom is -0.385 e. The van der Waals surface area contributed by atoms with E-state index in [9.17, 15) is 4.79 Å². The highest BCUT2D eigenvalue weighted by molar-refractivity contribution is 5.78. The fourth-order valence-corrected chi connectivity index (χ4v) is 0.983. The van der Waals surface area contributed by atoms with Crippen LogP contribution in [0.4, 0.5) is 0 Å². The van der Waals surface area contributed by atoms with Gasteiger partial charge in [-0.1, -0.05) is 6.92 Å². The van der Waals surface area contributed by atoms with Gasteiger partial charge in [-0.25, -0.2) is 0 Å². The van der Waals surface area contributed by atoms with Gasteiger partial charge in [-0.15, -0.1) is 0 Å². The van der Waals surface area contributed by atoms with E-state index in [0.717, 1.165) is 12.8 Å². The van der Waals surface area contributed by atoms with Crippen molar-refractivity contribution in [1.82, 2.24) is 5.32 Å². The van der Waals surface area contributed by atoms with E-state index in [4.69, 9.17) is 10.5 Å². The molecular weight excluding hydrogens is 168 g/mol. The molecule has 0 aliphatic carbocycles. The van der Waals surface area contributed by atoms with Gasteiger partial charge >= 0.3 is 0 Å². The number of rotatable bonds is 7. The molecule has 0 aromatic rings. The van der Waals surface area contributed by atoms with Crippen LogP contribution in [0.3, 0.4) is 0 Å². The molecule has 0 aliphatic rings. The second kappa shape index (κ2) is 8.01. The van der Waals surface area contributed by atoms with Crippen LogP contribution in [0.1, 0.15) is 19.8 Å². The van der Waals surface area contributed by atoms with E-state index in [1.54, 1.807) is 7.11 Å². The van der Waals surface area contributed by atoms with Crippen molar-refractivity contribution in [2.75, 3.05) is 26.8 Å². The average Bonchev–Trinajstić information content (AvgIpc) is 2.12. The van der Waals surface area contributed by atoms with Crippen LogP contribution in [0.25, 0.3) is 0 Å². The lowest BCUT2D eigenvalue weighted by Gasteiger charge is -2.10.